The molecule has 2 aromatic rings. The number of nitrogens with one attached hydrogen (secondary N) is 1. The van der Waals surface area contributed by atoms with Crippen molar-refractivity contribution in [1.82, 2.24) is 10.6 Å². The molecular formula is C27H38KN3O5. The van der Waals surface area contributed by atoms with Crippen molar-refractivity contribution >= 4 is 5.57 Å². The molecule has 1 N–H and O–H groups in total. The van der Waals surface area contributed by atoms with Gasteiger partial charge in [0.05, 0.1) is 33.0 Å². The minimum absolute atomic E-state index is 0. The van der Waals surface area contributed by atoms with Crippen LogP contribution in [0.4, 0.5) is 0 Å². The van der Waals surface area contributed by atoms with Crippen LogP contribution in [0.25, 0.3) is 11.1 Å². The molecule has 3 rings (SSSR count). The maximum Gasteiger partial charge on any atom is 1.00 e. The summed E-state index contributed by atoms with van der Waals surface area (Å²) in [4.78, 5) is 10.8. The molecule has 1 heterocycles. The average molecular weight is 524 g/mol. The maximum atomic E-state index is 5.94. The Balaban J connectivity index is 0.00000456. The van der Waals surface area contributed by atoms with Gasteiger partial charge in [0.2, 0.25) is 0 Å². The molecule has 0 saturated carbocycles. The number of methoxy groups -OCH3 is 3. The molecule has 36 heavy (non-hydrogen) atoms. The first-order valence-electron chi connectivity index (χ1n) is 11.7. The number of ether oxygens (including phenoxy) is 3. The largest absolute Gasteiger partial charge is 1.00 e. The Morgan fingerprint density at radius 1 is 1.03 bits per heavy atom. The molecule has 192 valence electrons. The van der Waals surface area contributed by atoms with Gasteiger partial charge in [-0.15, -0.1) is 5.59 Å². The molecule has 0 bridgehead atoms. The SMILES string of the molecule is CO[N-]/C(OC)=C(\C)c1ccc(CC2c3cc(OC)c(OC)cc3CCN2NOC(C)(C)C)cc1.[K+]. The van der Waals surface area contributed by atoms with E-state index in [4.69, 9.17) is 23.9 Å². The van der Waals surface area contributed by atoms with Gasteiger partial charge in [-0.25, -0.2) is 5.01 Å². The predicted octanol–water partition coefficient (Wildman–Crippen LogP) is 2.35. The van der Waals surface area contributed by atoms with Crippen molar-refractivity contribution in [3.05, 3.63) is 70.0 Å². The summed E-state index contributed by atoms with van der Waals surface area (Å²) < 4.78 is 16.5. The molecule has 9 heteroatoms. The zero-order chi connectivity index (χ0) is 25.6. The molecule has 0 fully saturated rings. The molecule has 0 saturated heterocycles. The fourth-order valence-electron chi connectivity index (χ4n) is 4.13. The minimum Gasteiger partial charge on any atom is -0.532 e. The zero-order valence-corrected chi connectivity index (χ0v) is 26.2. The number of hydrogen-bond acceptors (Lipinski definition) is 7. The number of fused-ring (bicyclic) bond motifs is 1. The summed E-state index contributed by atoms with van der Waals surface area (Å²) in [6, 6.07) is 12.6. The van der Waals surface area contributed by atoms with Crippen molar-refractivity contribution in [3.8, 4) is 11.5 Å². The molecule has 8 nitrogen and oxygen atoms in total. The fourth-order valence-corrected chi connectivity index (χ4v) is 4.13. The number of hydrogen-bond donors (Lipinski definition) is 1. The number of hydrazine groups is 1. The van der Waals surface area contributed by atoms with E-state index in [1.807, 2.05) is 27.7 Å². The first-order valence-corrected chi connectivity index (χ1v) is 11.7. The third-order valence-corrected chi connectivity index (χ3v) is 5.98. The van der Waals surface area contributed by atoms with Crippen molar-refractivity contribution in [2.75, 3.05) is 35.0 Å². The van der Waals surface area contributed by atoms with Gasteiger partial charge in [0.25, 0.3) is 0 Å². The third kappa shape index (κ3) is 7.93. The Kier molecular flexibility index (Phi) is 12.2. The summed E-state index contributed by atoms with van der Waals surface area (Å²) in [5, 5.41) is 2.17. The van der Waals surface area contributed by atoms with E-state index >= 15 is 0 Å². The van der Waals surface area contributed by atoms with E-state index in [-0.39, 0.29) is 63.0 Å². The van der Waals surface area contributed by atoms with Crippen molar-refractivity contribution < 1.29 is 75.3 Å². The maximum absolute atomic E-state index is 5.94. The van der Waals surface area contributed by atoms with Crippen LogP contribution in [0.5, 0.6) is 11.5 Å². The number of hydroxylamine groups is 1. The summed E-state index contributed by atoms with van der Waals surface area (Å²) in [6.07, 6.45) is 1.66. The van der Waals surface area contributed by atoms with E-state index in [1.54, 1.807) is 21.3 Å². The van der Waals surface area contributed by atoms with E-state index < -0.39 is 0 Å². The standard InChI is InChI=1S/C27H38N3O5.K/c1-18(26(33-7)28-34-8)20-11-9-19(10-12-20)15-23-22-17-25(32-6)24(31-5)16-21(22)13-14-30(23)29-35-27(2,3)4;/h9-12,16-17,23,29H,13-15H2,1-8H3;/q-1;+1/b26-18-;. The van der Waals surface area contributed by atoms with E-state index in [9.17, 15) is 0 Å². The van der Waals surface area contributed by atoms with E-state index in [2.05, 4.69) is 52.5 Å². The quantitative estimate of drug-likeness (QED) is 0.291. The third-order valence-electron chi connectivity index (χ3n) is 5.98. The van der Waals surface area contributed by atoms with Gasteiger partial charge in [-0.2, -0.15) is 0 Å². The van der Waals surface area contributed by atoms with Crippen LogP contribution in [-0.4, -0.2) is 45.6 Å². The normalized spacial score (nSPS) is 16.4. The van der Waals surface area contributed by atoms with Crippen LogP contribution in [0.3, 0.4) is 0 Å². The van der Waals surface area contributed by atoms with Crippen LogP contribution >= 0.6 is 0 Å². The molecule has 0 aromatic heterocycles. The predicted molar refractivity (Wildman–Crippen MR) is 137 cm³/mol. The topological polar surface area (TPSA) is 75.5 Å². The molecular weight excluding hydrogens is 485 g/mol. The Morgan fingerprint density at radius 2 is 1.67 bits per heavy atom. The summed E-state index contributed by atoms with van der Waals surface area (Å²) >= 11 is 0. The van der Waals surface area contributed by atoms with E-state index in [0.717, 1.165) is 42.0 Å². The van der Waals surface area contributed by atoms with Crippen molar-refractivity contribution in [1.29, 1.82) is 0 Å². The number of rotatable bonds is 10. The summed E-state index contributed by atoms with van der Waals surface area (Å²) in [5.41, 5.74) is 12.4. The molecule has 0 radical (unpaired) electrons. The van der Waals surface area contributed by atoms with Gasteiger partial charge in [-0.05, 0) is 80.5 Å². The molecule has 0 amide bonds. The number of benzene rings is 2. The Bertz CT molecular complexity index is 1020. The molecule has 1 aliphatic heterocycles. The molecule has 0 spiro atoms. The Hall–Kier alpha value is -1.14. The van der Waals surface area contributed by atoms with Gasteiger partial charge in [-0.1, -0.05) is 24.3 Å². The van der Waals surface area contributed by atoms with Gasteiger partial charge in [0, 0.05) is 19.5 Å². The average Bonchev–Trinajstić information content (AvgIpc) is 2.85. The molecule has 1 aliphatic rings. The van der Waals surface area contributed by atoms with E-state index in [0.29, 0.717) is 5.88 Å². The second-order valence-electron chi connectivity index (χ2n) is 9.48. The van der Waals surface area contributed by atoms with Crippen LogP contribution in [0.15, 0.2) is 42.3 Å². The molecule has 1 atom stereocenters. The summed E-state index contributed by atoms with van der Waals surface area (Å²) in [7, 11) is 6.42. The van der Waals surface area contributed by atoms with Gasteiger partial charge >= 0.3 is 51.4 Å². The number of allylic oxidation sites excluding steroid dienone is 1. The van der Waals surface area contributed by atoms with Crippen LogP contribution in [0.2, 0.25) is 0 Å². The number of nitrogens with zero attached hydrogens (tertiary/aromatic N) is 2. The zero-order valence-electron chi connectivity index (χ0n) is 23.1. The smallest absolute Gasteiger partial charge is 0.532 e. The summed E-state index contributed by atoms with van der Waals surface area (Å²) in [5.74, 6) is 1.93. The summed E-state index contributed by atoms with van der Waals surface area (Å²) in [6.45, 7) is 8.85. The van der Waals surface area contributed by atoms with Gasteiger partial charge in [-0.3, -0.25) is 4.84 Å². The van der Waals surface area contributed by atoms with Gasteiger partial charge in [0.15, 0.2) is 11.5 Å². The fraction of sp³-hybridized carbons (Fsp3) is 0.481. The van der Waals surface area contributed by atoms with Crippen molar-refractivity contribution in [2.24, 2.45) is 0 Å². The molecule has 1 unspecified atom stereocenters. The first kappa shape index (κ1) is 31.1. The first-order chi connectivity index (χ1) is 16.7. The monoisotopic (exact) mass is 523 g/mol. The van der Waals surface area contributed by atoms with Crippen molar-refractivity contribution in [2.45, 2.75) is 52.2 Å². The minimum atomic E-state index is -0.319. The van der Waals surface area contributed by atoms with Crippen LogP contribution in [-0.2, 0) is 27.3 Å². The second kappa shape index (κ2) is 14.1. The Labute approximate surface area is 257 Å². The van der Waals surface area contributed by atoms with Crippen LogP contribution in [0.1, 0.15) is 56.0 Å². The second-order valence-corrected chi connectivity index (χ2v) is 9.48. The van der Waals surface area contributed by atoms with Gasteiger partial charge < -0.3 is 24.5 Å². The Morgan fingerprint density at radius 3 is 2.22 bits per heavy atom. The molecule has 2 aromatic carbocycles. The van der Waals surface area contributed by atoms with E-state index in [1.165, 1.54) is 23.8 Å². The van der Waals surface area contributed by atoms with Gasteiger partial charge in [0.1, 0.15) is 0 Å². The van der Waals surface area contributed by atoms with Crippen molar-refractivity contribution in [3.63, 3.8) is 0 Å². The van der Waals surface area contributed by atoms with Crippen LogP contribution in [0, 0.1) is 0 Å². The van der Waals surface area contributed by atoms with Crippen LogP contribution < -0.4 is 66.4 Å². The molecule has 0 aliphatic carbocycles.